The summed E-state index contributed by atoms with van der Waals surface area (Å²) in [5, 5.41) is 21.0. The molecule has 6 heterocycles. The summed E-state index contributed by atoms with van der Waals surface area (Å²) in [4.78, 5) is 6.48. The molecule has 21 heteroatoms. The van der Waals surface area contributed by atoms with Gasteiger partial charge in [0.25, 0.3) is 0 Å². The van der Waals surface area contributed by atoms with Gasteiger partial charge in [0.15, 0.2) is 31.5 Å². The monoisotopic (exact) mass is 1010 g/mol. The zero-order valence-corrected chi connectivity index (χ0v) is 39.9. The highest BCUT2D eigenvalue weighted by Crippen LogP contribution is 2.44. The Balaban J connectivity index is 0.933. The largest absolute Gasteiger partial charge is 0.497 e. The number of rotatable bonds is 15. The van der Waals surface area contributed by atoms with Crippen molar-refractivity contribution in [3.8, 4) is 11.5 Å². The van der Waals surface area contributed by atoms with Crippen molar-refractivity contribution in [3.63, 3.8) is 0 Å². The molecule has 0 amide bonds. The van der Waals surface area contributed by atoms with Crippen LogP contribution in [0.15, 0.2) is 156 Å². The first-order chi connectivity index (χ1) is 36.4. The summed E-state index contributed by atoms with van der Waals surface area (Å²) in [5.41, 5.74) is 23.6. The predicted molar refractivity (Wildman–Crippen MR) is 256 cm³/mol. The van der Waals surface area contributed by atoms with Crippen molar-refractivity contribution in [1.82, 2.24) is 0 Å². The van der Waals surface area contributed by atoms with E-state index < -0.39 is 111 Å². The lowest BCUT2D eigenvalue weighted by Gasteiger charge is -2.53. The molecule has 3 unspecified atom stereocenters. The van der Waals surface area contributed by atoms with Crippen LogP contribution in [0, 0.1) is 0 Å². The highest BCUT2D eigenvalue weighted by Gasteiger charge is 2.59. The van der Waals surface area contributed by atoms with Crippen LogP contribution >= 0.6 is 0 Å². The van der Waals surface area contributed by atoms with Gasteiger partial charge in [0, 0.05) is 26.5 Å². The van der Waals surface area contributed by atoms with Gasteiger partial charge in [0.1, 0.15) is 84.6 Å². The smallest absolute Gasteiger partial charge is 0.211 e. The second-order valence-electron chi connectivity index (χ2n) is 18.3. The Bertz CT molecular complexity index is 2700. The van der Waals surface area contributed by atoms with Gasteiger partial charge in [-0.1, -0.05) is 132 Å². The Kier molecular flexibility index (Phi) is 15.6. The van der Waals surface area contributed by atoms with Gasteiger partial charge in [-0.3, -0.25) is 0 Å². The van der Waals surface area contributed by atoms with Crippen LogP contribution in [-0.4, -0.2) is 124 Å². The molecule has 0 aliphatic carbocycles. The number of benzene rings is 5. The van der Waals surface area contributed by atoms with Gasteiger partial charge < -0.3 is 71.4 Å². The van der Waals surface area contributed by atoms with Crippen molar-refractivity contribution in [1.29, 1.82) is 0 Å². The number of methoxy groups -OCH3 is 1. The number of ether oxygens (including phenoxy) is 14. The maximum absolute atomic E-state index is 12.5. The normalized spacial score (nSPS) is 35.5. The molecular weight excluding hydrogens is 961 g/mol. The number of aliphatic hydroxyl groups is 1. The van der Waals surface area contributed by atoms with E-state index in [1.807, 2.05) is 121 Å². The average Bonchev–Trinajstić information content (AvgIpc) is 3.46. The molecule has 18 atom stereocenters. The van der Waals surface area contributed by atoms with Crippen LogP contribution in [0.3, 0.4) is 0 Å². The molecule has 5 aromatic rings. The molecule has 6 aliphatic rings. The highest BCUT2D eigenvalue weighted by atomic mass is 16.8. The number of azide groups is 2. The quantitative estimate of drug-likeness (QED) is 0.0600. The Morgan fingerprint density at radius 1 is 0.500 bits per heavy atom. The minimum absolute atomic E-state index is 0.0198. The third-order valence-electron chi connectivity index (χ3n) is 13.7. The minimum atomic E-state index is -1.49. The summed E-state index contributed by atoms with van der Waals surface area (Å²) in [6, 6.07) is 41.7. The molecule has 6 fully saturated rings. The van der Waals surface area contributed by atoms with E-state index in [0.717, 1.165) is 11.1 Å². The van der Waals surface area contributed by atoms with Crippen LogP contribution in [0.25, 0.3) is 20.9 Å². The van der Waals surface area contributed by atoms with E-state index in [1.54, 1.807) is 31.4 Å². The standard InChI is InChI=1S/C53H54N6O15/c1-61-34-22-24-35(25-23-34)66-51-39(56-58-54)45(42-36(67-51)27-63-48(70-42)31-16-8-3-9-17-31)73-52-40(57-59-55)46(43-37(68-52)28-64-49(71-43)32-18-10-4-11-19-32)74-53-41(60)47(62-26-30-14-6-2-7-15-30)44-38(69-53)29-65-50(72-44)33-20-12-5-13-21-33/h2-25,36-53,60H,26-29H2,1H3/t36-,37-,38-,39-,40-,41-,42+,43+,44+,45-,46-,47-,48?,49?,50?,51+,52-,53+/m1/s1. The summed E-state index contributed by atoms with van der Waals surface area (Å²) in [6.45, 7) is 0.152. The fourth-order valence-corrected chi connectivity index (χ4v) is 10.1. The van der Waals surface area contributed by atoms with Gasteiger partial charge in [-0.05, 0) is 40.9 Å². The molecule has 0 spiro atoms. The molecule has 386 valence electrons. The summed E-state index contributed by atoms with van der Waals surface area (Å²) in [5.74, 6) is 0.963. The zero-order chi connectivity index (χ0) is 50.4. The van der Waals surface area contributed by atoms with Crippen LogP contribution in [0.4, 0.5) is 0 Å². The van der Waals surface area contributed by atoms with E-state index >= 15 is 0 Å². The van der Waals surface area contributed by atoms with Gasteiger partial charge in [0.2, 0.25) is 6.29 Å². The molecule has 11 rings (SSSR count). The van der Waals surface area contributed by atoms with Crippen molar-refractivity contribution in [2.45, 2.75) is 117 Å². The summed E-state index contributed by atoms with van der Waals surface area (Å²) in [7, 11) is 1.55. The molecule has 1 N–H and O–H groups in total. The molecule has 0 bridgehead atoms. The number of hydrogen-bond donors (Lipinski definition) is 1. The van der Waals surface area contributed by atoms with Crippen molar-refractivity contribution in [3.05, 3.63) is 189 Å². The maximum Gasteiger partial charge on any atom is 0.211 e. The predicted octanol–water partition coefficient (Wildman–Crippen LogP) is 7.67. The lowest BCUT2D eigenvalue weighted by molar-refractivity contribution is -0.403. The van der Waals surface area contributed by atoms with E-state index in [-0.39, 0.29) is 26.4 Å². The third kappa shape index (κ3) is 10.8. The third-order valence-corrected chi connectivity index (χ3v) is 13.7. The van der Waals surface area contributed by atoms with Gasteiger partial charge in [-0.2, -0.15) is 0 Å². The van der Waals surface area contributed by atoms with Gasteiger partial charge in [-0.15, -0.1) is 0 Å². The van der Waals surface area contributed by atoms with Gasteiger partial charge >= 0.3 is 0 Å². The lowest BCUT2D eigenvalue weighted by Crippen LogP contribution is -2.68. The molecule has 0 saturated carbocycles. The van der Waals surface area contributed by atoms with Crippen LogP contribution in [0.1, 0.15) is 41.1 Å². The summed E-state index contributed by atoms with van der Waals surface area (Å²) in [6.07, 6.45) is -17.1. The van der Waals surface area contributed by atoms with Crippen molar-refractivity contribution in [2.24, 2.45) is 10.2 Å². The lowest BCUT2D eigenvalue weighted by atomic mass is 9.93. The fraction of sp³-hybridized carbons (Fsp3) is 0.434. The Labute approximate surface area is 425 Å². The van der Waals surface area contributed by atoms with E-state index in [2.05, 4.69) is 20.1 Å². The van der Waals surface area contributed by atoms with Crippen molar-refractivity contribution in [2.75, 3.05) is 26.9 Å². The average molecular weight is 1020 g/mol. The topological polar surface area (TPSA) is 247 Å². The van der Waals surface area contributed by atoms with Gasteiger partial charge in [0.05, 0.1) is 33.5 Å². The van der Waals surface area contributed by atoms with E-state index in [9.17, 15) is 16.2 Å². The first-order valence-electron chi connectivity index (χ1n) is 24.4. The summed E-state index contributed by atoms with van der Waals surface area (Å²) < 4.78 is 90.7. The van der Waals surface area contributed by atoms with Crippen LogP contribution in [-0.2, 0) is 63.4 Å². The number of nitrogens with zero attached hydrogens (tertiary/aromatic N) is 6. The Morgan fingerprint density at radius 2 is 0.905 bits per heavy atom. The van der Waals surface area contributed by atoms with E-state index in [4.69, 9.17) is 66.3 Å². The minimum Gasteiger partial charge on any atom is -0.497 e. The maximum atomic E-state index is 12.5. The first kappa shape index (κ1) is 50.0. The molecule has 21 nitrogen and oxygen atoms in total. The molecule has 5 aromatic carbocycles. The number of fused-ring (bicyclic) bond motifs is 3. The molecule has 0 radical (unpaired) electrons. The SMILES string of the molecule is COc1ccc(O[C@H]2O[C@@H]3COC(c4ccccc4)O[C@@H]3[C@H](O[C@H]3O[C@@H]4COC(c5ccccc5)O[C@@H]4[C@H](O[C@@H]4O[C@@H]5COC(c6ccccc6)O[C@@H]5[C@H](OCc5ccccc5)[C@H]4O)[C@H]3N=[N+]=[N-])[C@H]2N=[N+]=[N-])cc1. The van der Waals surface area contributed by atoms with E-state index in [1.165, 1.54) is 0 Å². The Hall–Kier alpha value is -6.20. The van der Waals surface area contributed by atoms with Crippen molar-refractivity contribution < 1.29 is 71.4 Å². The second-order valence-corrected chi connectivity index (χ2v) is 18.3. The first-order valence-corrected chi connectivity index (χ1v) is 24.4. The van der Waals surface area contributed by atoms with Crippen molar-refractivity contribution >= 4 is 0 Å². The molecule has 0 aromatic heterocycles. The molecule has 6 aliphatic heterocycles. The van der Waals surface area contributed by atoms with Gasteiger partial charge in [-0.25, -0.2) is 0 Å². The second kappa shape index (κ2) is 23.1. The van der Waals surface area contributed by atoms with Crippen LogP contribution < -0.4 is 9.47 Å². The molecule has 74 heavy (non-hydrogen) atoms. The molecular formula is C53H54N6O15. The number of hydrogen-bond acceptors (Lipinski definition) is 17. The Morgan fingerprint density at radius 3 is 1.38 bits per heavy atom. The van der Waals surface area contributed by atoms with Crippen LogP contribution in [0.2, 0.25) is 0 Å². The number of aliphatic hydroxyl groups excluding tert-OH is 1. The fourth-order valence-electron chi connectivity index (χ4n) is 10.1. The zero-order valence-electron chi connectivity index (χ0n) is 39.9. The van der Waals surface area contributed by atoms with E-state index in [0.29, 0.717) is 22.6 Å². The summed E-state index contributed by atoms with van der Waals surface area (Å²) >= 11 is 0. The highest BCUT2D eigenvalue weighted by molar-refractivity contribution is 5.31. The van der Waals surface area contributed by atoms with Crippen LogP contribution in [0.5, 0.6) is 11.5 Å². The molecule has 6 saturated heterocycles.